The zero-order chi connectivity index (χ0) is 14.4. The van der Waals surface area contributed by atoms with Crippen molar-refractivity contribution in [3.63, 3.8) is 0 Å². The maximum Gasteiger partial charge on any atom is 0.262 e. The number of hydrogen-bond acceptors (Lipinski definition) is 3. The molecule has 104 valence electrons. The van der Waals surface area contributed by atoms with Gasteiger partial charge in [-0.25, -0.2) is 0 Å². The van der Waals surface area contributed by atoms with Crippen LogP contribution in [-0.4, -0.2) is 17.6 Å². The highest BCUT2D eigenvalue weighted by atomic mass is 16.5. The first-order valence-electron chi connectivity index (χ1n) is 6.37. The van der Waals surface area contributed by atoms with E-state index < -0.39 is 0 Å². The van der Waals surface area contributed by atoms with Crippen LogP contribution in [0.2, 0.25) is 0 Å². The summed E-state index contributed by atoms with van der Waals surface area (Å²) in [5, 5.41) is 11.9. The third-order valence-electron chi connectivity index (χ3n) is 2.85. The second kappa shape index (κ2) is 6.73. The van der Waals surface area contributed by atoms with Crippen LogP contribution in [0.4, 0.5) is 5.69 Å². The fraction of sp³-hybridized carbons (Fsp3) is 0.188. The van der Waals surface area contributed by atoms with Crippen LogP contribution in [0.3, 0.4) is 0 Å². The summed E-state index contributed by atoms with van der Waals surface area (Å²) in [5.41, 5.74) is 2.42. The van der Waals surface area contributed by atoms with Gasteiger partial charge in [-0.3, -0.25) is 4.79 Å². The van der Waals surface area contributed by atoms with Gasteiger partial charge in [-0.15, -0.1) is 0 Å². The fourth-order valence-electron chi connectivity index (χ4n) is 1.75. The predicted molar refractivity (Wildman–Crippen MR) is 77.7 cm³/mol. The molecule has 0 fully saturated rings. The SMILES string of the molecule is Cc1ccc(OCC(=O)Nc2ccccc2CO)cc1. The summed E-state index contributed by atoms with van der Waals surface area (Å²) in [5.74, 6) is 0.396. The zero-order valence-electron chi connectivity index (χ0n) is 11.3. The topological polar surface area (TPSA) is 58.6 Å². The number of amides is 1. The van der Waals surface area contributed by atoms with Crippen LogP contribution in [0.15, 0.2) is 48.5 Å². The van der Waals surface area contributed by atoms with Crippen LogP contribution in [0.1, 0.15) is 11.1 Å². The molecule has 20 heavy (non-hydrogen) atoms. The van der Waals surface area contributed by atoms with Gasteiger partial charge >= 0.3 is 0 Å². The first kappa shape index (κ1) is 14.1. The highest BCUT2D eigenvalue weighted by molar-refractivity contribution is 5.92. The molecule has 0 aliphatic carbocycles. The third-order valence-corrected chi connectivity index (χ3v) is 2.85. The van der Waals surface area contributed by atoms with E-state index in [0.29, 0.717) is 17.0 Å². The lowest BCUT2D eigenvalue weighted by molar-refractivity contribution is -0.118. The van der Waals surface area contributed by atoms with Gasteiger partial charge in [0.2, 0.25) is 0 Å². The molecule has 0 spiro atoms. The number of aryl methyl sites for hydroxylation is 1. The second-order valence-corrected chi connectivity index (χ2v) is 4.47. The summed E-state index contributed by atoms with van der Waals surface area (Å²) in [7, 11) is 0. The minimum Gasteiger partial charge on any atom is -0.484 e. The number of benzene rings is 2. The molecule has 4 heteroatoms. The average molecular weight is 271 g/mol. The molecular weight excluding hydrogens is 254 g/mol. The van der Waals surface area contributed by atoms with E-state index in [9.17, 15) is 9.90 Å². The lowest BCUT2D eigenvalue weighted by Crippen LogP contribution is -2.20. The van der Waals surface area contributed by atoms with Crippen molar-refractivity contribution >= 4 is 11.6 Å². The van der Waals surface area contributed by atoms with E-state index >= 15 is 0 Å². The van der Waals surface area contributed by atoms with Gasteiger partial charge in [0.05, 0.1) is 6.61 Å². The highest BCUT2D eigenvalue weighted by Crippen LogP contribution is 2.15. The molecular formula is C16H17NO3. The lowest BCUT2D eigenvalue weighted by Gasteiger charge is -2.10. The molecule has 2 N–H and O–H groups in total. The van der Waals surface area contributed by atoms with Crippen molar-refractivity contribution in [1.29, 1.82) is 0 Å². The largest absolute Gasteiger partial charge is 0.484 e. The molecule has 0 heterocycles. The molecule has 1 amide bonds. The third kappa shape index (κ3) is 3.83. The summed E-state index contributed by atoms with van der Waals surface area (Å²) >= 11 is 0. The number of para-hydroxylation sites is 1. The van der Waals surface area contributed by atoms with E-state index in [4.69, 9.17) is 4.74 Å². The van der Waals surface area contributed by atoms with Gasteiger partial charge in [-0.1, -0.05) is 35.9 Å². The Kier molecular flexibility index (Phi) is 4.74. The van der Waals surface area contributed by atoms with Crippen LogP contribution in [-0.2, 0) is 11.4 Å². The average Bonchev–Trinajstić information content (AvgIpc) is 2.47. The van der Waals surface area contributed by atoms with Gasteiger partial charge in [0.15, 0.2) is 6.61 Å². The number of ether oxygens (including phenoxy) is 1. The van der Waals surface area contributed by atoms with Crippen molar-refractivity contribution in [2.45, 2.75) is 13.5 Å². The van der Waals surface area contributed by atoms with Gasteiger partial charge in [-0.05, 0) is 25.1 Å². The normalized spacial score (nSPS) is 10.1. The zero-order valence-corrected chi connectivity index (χ0v) is 11.3. The van der Waals surface area contributed by atoms with Crippen LogP contribution in [0, 0.1) is 6.92 Å². The Bertz CT molecular complexity index is 579. The first-order chi connectivity index (χ1) is 9.69. The maximum atomic E-state index is 11.8. The molecule has 0 bridgehead atoms. The monoisotopic (exact) mass is 271 g/mol. The van der Waals surface area contributed by atoms with Gasteiger partial charge < -0.3 is 15.2 Å². The van der Waals surface area contributed by atoms with Gasteiger partial charge in [0, 0.05) is 11.3 Å². The fourth-order valence-corrected chi connectivity index (χ4v) is 1.75. The van der Waals surface area contributed by atoms with Gasteiger partial charge in [0.1, 0.15) is 5.75 Å². The van der Waals surface area contributed by atoms with Crippen molar-refractivity contribution in [2.75, 3.05) is 11.9 Å². The standard InChI is InChI=1S/C16H17NO3/c1-12-6-8-14(9-7-12)20-11-16(19)17-15-5-3-2-4-13(15)10-18/h2-9,18H,10-11H2,1H3,(H,17,19). The summed E-state index contributed by atoms with van der Waals surface area (Å²) in [6.07, 6.45) is 0. The quantitative estimate of drug-likeness (QED) is 0.878. The number of nitrogens with one attached hydrogen (secondary N) is 1. The number of aliphatic hydroxyl groups excluding tert-OH is 1. The minimum atomic E-state index is -0.258. The molecule has 0 aliphatic rings. The van der Waals surface area contributed by atoms with Crippen molar-refractivity contribution in [1.82, 2.24) is 0 Å². The Morgan fingerprint density at radius 1 is 1.15 bits per heavy atom. The van der Waals surface area contributed by atoms with Crippen LogP contribution >= 0.6 is 0 Å². The Morgan fingerprint density at radius 3 is 2.55 bits per heavy atom. The number of aliphatic hydroxyl groups is 1. The maximum absolute atomic E-state index is 11.8. The Hall–Kier alpha value is -2.33. The predicted octanol–water partition coefficient (Wildman–Crippen LogP) is 2.50. The van der Waals surface area contributed by atoms with Gasteiger partial charge in [-0.2, -0.15) is 0 Å². The van der Waals surface area contributed by atoms with Crippen LogP contribution in [0.25, 0.3) is 0 Å². The molecule has 0 saturated carbocycles. The molecule has 0 saturated heterocycles. The molecule has 0 aromatic heterocycles. The molecule has 0 unspecified atom stereocenters. The second-order valence-electron chi connectivity index (χ2n) is 4.47. The summed E-state index contributed by atoms with van der Waals surface area (Å²) in [4.78, 5) is 11.8. The Balaban J connectivity index is 1.91. The molecule has 4 nitrogen and oxygen atoms in total. The number of carbonyl (C=O) groups excluding carboxylic acids is 1. The first-order valence-corrected chi connectivity index (χ1v) is 6.37. The van der Waals surface area contributed by atoms with Crippen LogP contribution < -0.4 is 10.1 Å². The molecule has 2 aromatic rings. The van der Waals surface area contributed by atoms with E-state index in [1.54, 1.807) is 18.2 Å². The summed E-state index contributed by atoms with van der Waals surface area (Å²) in [6.45, 7) is 1.81. The number of carbonyl (C=O) groups is 1. The van der Waals surface area contributed by atoms with E-state index in [0.717, 1.165) is 5.56 Å². The number of hydrogen-bond donors (Lipinski definition) is 2. The summed E-state index contributed by atoms with van der Waals surface area (Å²) < 4.78 is 5.39. The van der Waals surface area contributed by atoms with Crippen molar-refractivity contribution in [3.8, 4) is 5.75 Å². The molecule has 2 rings (SSSR count). The molecule has 0 radical (unpaired) electrons. The van der Waals surface area contributed by atoms with E-state index in [-0.39, 0.29) is 19.1 Å². The number of rotatable bonds is 5. The summed E-state index contributed by atoms with van der Waals surface area (Å²) in [6, 6.07) is 14.6. The van der Waals surface area contributed by atoms with Crippen molar-refractivity contribution in [2.24, 2.45) is 0 Å². The van der Waals surface area contributed by atoms with Crippen molar-refractivity contribution < 1.29 is 14.6 Å². The van der Waals surface area contributed by atoms with Crippen molar-refractivity contribution in [3.05, 3.63) is 59.7 Å². The Morgan fingerprint density at radius 2 is 1.85 bits per heavy atom. The van der Waals surface area contributed by atoms with E-state index in [2.05, 4.69) is 5.32 Å². The van der Waals surface area contributed by atoms with Gasteiger partial charge in [0.25, 0.3) is 5.91 Å². The lowest BCUT2D eigenvalue weighted by atomic mass is 10.2. The molecule has 0 atom stereocenters. The molecule has 0 aliphatic heterocycles. The van der Waals surface area contributed by atoms with E-state index in [1.807, 2.05) is 37.3 Å². The highest BCUT2D eigenvalue weighted by Gasteiger charge is 2.06. The van der Waals surface area contributed by atoms with E-state index in [1.165, 1.54) is 0 Å². The van der Waals surface area contributed by atoms with Crippen LogP contribution in [0.5, 0.6) is 5.75 Å². The smallest absolute Gasteiger partial charge is 0.262 e. The minimum absolute atomic E-state index is 0.0666. The molecule has 2 aromatic carbocycles. The Labute approximate surface area is 118 Å². The number of anilines is 1.